The number of rotatable bonds is 1. The van der Waals surface area contributed by atoms with Gasteiger partial charge in [0.2, 0.25) is 5.95 Å². The normalized spacial score (nSPS) is 11.6. The minimum atomic E-state index is 0.136. The van der Waals surface area contributed by atoms with E-state index in [9.17, 15) is 0 Å². The second-order valence-corrected chi connectivity index (χ2v) is 5.93. The van der Waals surface area contributed by atoms with Gasteiger partial charge in [-0.05, 0) is 36.0 Å². The summed E-state index contributed by atoms with van der Waals surface area (Å²) in [5.41, 5.74) is 11.3. The minimum absolute atomic E-state index is 0.136. The fourth-order valence-corrected chi connectivity index (χ4v) is 2.24. The van der Waals surface area contributed by atoms with Crippen molar-refractivity contribution in [3.05, 3.63) is 35.0 Å². The molecule has 2 N–H and O–H groups in total. The van der Waals surface area contributed by atoms with Crippen LogP contribution in [-0.4, -0.2) is 15.2 Å². The molecule has 19 heavy (non-hydrogen) atoms. The lowest BCUT2D eigenvalue weighted by Crippen LogP contribution is -2.12. The summed E-state index contributed by atoms with van der Waals surface area (Å²) < 4.78 is 0. The molecule has 4 heteroatoms. The molecule has 4 nitrogen and oxygen atoms in total. The SMILES string of the molecule is Cc1cc(C(C)(C)C)cc(C)c1-c1cnnc(N)n1. The second-order valence-electron chi connectivity index (χ2n) is 5.93. The number of benzene rings is 1. The maximum atomic E-state index is 5.61. The lowest BCUT2D eigenvalue weighted by molar-refractivity contribution is 0.589. The molecule has 0 aliphatic heterocycles. The third-order valence-corrected chi connectivity index (χ3v) is 3.23. The highest BCUT2D eigenvalue weighted by molar-refractivity contribution is 5.68. The van der Waals surface area contributed by atoms with Crippen molar-refractivity contribution in [2.24, 2.45) is 0 Å². The Bertz CT molecular complexity index is 589. The summed E-state index contributed by atoms with van der Waals surface area (Å²) in [5, 5.41) is 7.57. The molecule has 0 unspecified atom stereocenters. The standard InChI is InChI=1S/C15H20N4/c1-9-6-11(15(3,4)5)7-10(2)13(9)12-8-17-19-14(16)18-12/h6-8H,1-5H3,(H2,16,18,19). The Morgan fingerprint density at radius 3 is 2.11 bits per heavy atom. The van der Waals surface area contributed by atoms with Gasteiger partial charge in [-0.2, -0.15) is 5.10 Å². The number of anilines is 1. The van der Waals surface area contributed by atoms with Crippen LogP contribution in [0.3, 0.4) is 0 Å². The predicted molar refractivity (Wildman–Crippen MR) is 77.8 cm³/mol. The molecule has 0 bridgehead atoms. The highest BCUT2D eigenvalue weighted by Crippen LogP contribution is 2.31. The van der Waals surface area contributed by atoms with E-state index in [-0.39, 0.29) is 11.4 Å². The summed E-state index contributed by atoms with van der Waals surface area (Å²) in [4.78, 5) is 4.26. The average molecular weight is 256 g/mol. The maximum absolute atomic E-state index is 5.61. The number of aryl methyl sites for hydroxylation is 2. The zero-order valence-corrected chi connectivity index (χ0v) is 12.2. The van der Waals surface area contributed by atoms with Crippen LogP contribution in [0.5, 0.6) is 0 Å². The van der Waals surface area contributed by atoms with Gasteiger partial charge < -0.3 is 5.73 Å². The molecule has 0 aliphatic carbocycles. The van der Waals surface area contributed by atoms with Crippen molar-refractivity contribution in [3.63, 3.8) is 0 Å². The number of nitrogens with zero attached hydrogens (tertiary/aromatic N) is 3. The van der Waals surface area contributed by atoms with Crippen LogP contribution in [0.25, 0.3) is 11.3 Å². The van der Waals surface area contributed by atoms with Gasteiger partial charge >= 0.3 is 0 Å². The molecule has 1 heterocycles. The van der Waals surface area contributed by atoms with E-state index < -0.39 is 0 Å². The largest absolute Gasteiger partial charge is 0.366 e. The fourth-order valence-electron chi connectivity index (χ4n) is 2.24. The Labute approximate surface area is 114 Å². The van der Waals surface area contributed by atoms with Crippen molar-refractivity contribution in [1.82, 2.24) is 15.2 Å². The molecule has 0 radical (unpaired) electrons. The first kappa shape index (κ1) is 13.5. The first-order chi connectivity index (χ1) is 8.79. The molecule has 1 aromatic carbocycles. The summed E-state index contributed by atoms with van der Waals surface area (Å²) in [7, 11) is 0. The van der Waals surface area contributed by atoms with Crippen LogP contribution in [0.15, 0.2) is 18.3 Å². The van der Waals surface area contributed by atoms with Crippen molar-refractivity contribution >= 4 is 5.95 Å². The van der Waals surface area contributed by atoms with E-state index in [1.165, 1.54) is 16.7 Å². The average Bonchev–Trinajstić information content (AvgIpc) is 2.26. The molecule has 2 rings (SSSR count). The molecule has 0 saturated carbocycles. The summed E-state index contributed by atoms with van der Waals surface area (Å²) >= 11 is 0. The zero-order chi connectivity index (χ0) is 14.2. The molecule has 0 atom stereocenters. The monoisotopic (exact) mass is 256 g/mol. The van der Waals surface area contributed by atoms with Crippen molar-refractivity contribution in [2.75, 3.05) is 5.73 Å². The first-order valence-electron chi connectivity index (χ1n) is 6.36. The molecular formula is C15H20N4. The quantitative estimate of drug-likeness (QED) is 0.851. The van der Waals surface area contributed by atoms with Gasteiger partial charge in [0, 0.05) is 5.56 Å². The van der Waals surface area contributed by atoms with Crippen molar-refractivity contribution in [3.8, 4) is 11.3 Å². The van der Waals surface area contributed by atoms with E-state index in [1.54, 1.807) is 6.20 Å². The summed E-state index contributed by atoms with van der Waals surface area (Å²) in [6, 6.07) is 4.42. The highest BCUT2D eigenvalue weighted by atomic mass is 15.2. The van der Waals surface area contributed by atoms with Gasteiger partial charge in [-0.3, -0.25) is 0 Å². The third-order valence-electron chi connectivity index (χ3n) is 3.23. The van der Waals surface area contributed by atoms with Crippen LogP contribution in [0.4, 0.5) is 5.95 Å². The van der Waals surface area contributed by atoms with E-state index in [0.29, 0.717) is 0 Å². The molecule has 0 aliphatic rings. The Balaban J connectivity index is 2.60. The molecular weight excluding hydrogens is 236 g/mol. The summed E-state index contributed by atoms with van der Waals surface area (Å²) in [6.07, 6.45) is 1.66. The van der Waals surface area contributed by atoms with Crippen molar-refractivity contribution in [1.29, 1.82) is 0 Å². The molecule has 1 aromatic heterocycles. The van der Waals surface area contributed by atoms with Crippen LogP contribution in [0, 0.1) is 13.8 Å². The highest BCUT2D eigenvalue weighted by Gasteiger charge is 2.17. The van der Waals surface area contributed by atoms with Crippen LogP contribution < -0.4 is 5.73 Å². The van der Waals surface area contributed by atoms with Crippen molar-refractivity contribution < 1.29 is 0 Å². The van der Waals surface area contributed by atoms with Crippen LogP contribution >= 0.6 is 0 Å². The Morgan fingerprint density at radius 2 is 1.63 bits per heavy atom. The van der Waals surface area contributed by atoms with Gasteiger partial charge in [-0.25, -0.2) is 4.98 Å². The predicted octanol–water partition coefficient (Wildman–Crippen LogP) is 3.04. The maximum Gasteiger partial charge on any atom is 0.240 e. The molecule has 2 aromatic rings. The Hall–Kier alpha value is -1.97. The molecule has 0 spiro atoms. The molecule has 100 valence electrons. The number of hydrogen-bond donors (Lipinski definition) is 1. The molecule has 0 amide bonds. The van der Waals surface area contributed by atoms with Gasteiger partial charge in [0.1, 0.15) is 0 Å². The van der Waals surface area contributed by atoms with E-state index in [0.717, 1.165) is 11.3 Å². The van der Waals surface area contributed by atoms with Crippen molar-refractivity contribution in [2.45, 2.75) is 40.0 Å². The first-order valence-corrected chi connectivity index (χ1v) is 6.36. The van der Waals surface area contributed by atoms with Crippen LogP contribution in [0.1, 0.15) is 37.5 Å². The molecule has 0 fully saturated rings. The number of aromatic nitrogens is 3. The smallest absolute Gasteiger partial charge is 0.240 e. The lowest BCUT2D eigenvalue weighted by atomic mass is 9.83. The van der Waals surface area contributed by atoms with Gasteiger partial charge in [0.15, 0.2) is 0 Å². The third kappa shape index (κ3) is 2.72. The van der Waals surface area contributed by atoms with E-state index in [1.807, 2.05) is 0 Å². The Kier molecular flexibility index (Phi) is 3.27. The van der Waals surface area contributed by atoms with E-state index in [2.05, 4.69) is 61.9 Å². The summed E-state index contributed by atoms with van der Waals surface area (Å²) in [6.45, 7) is 10.8. The van der Waals surface area contributed by atoms with Gasteiger partial charge in [-0.1, -0.05) is 32.9 Å². The van der Waals surface area contributed by atoms with E-state index in [4.69, 9.17) is 5.73 Å². The lowest BCUT2D eigenvalue weighted by Gasteiger charge is -2.22. The topological polar surface area (TPSA) is 64.7 Å². The number of hydrogen-bond acceptors (Lipinski definition) is 4. The minimum Gasteiger partial charge on any atom is -0.366 e. The molecule has 0 saturated heterocycles. The van der Waals surface area contributed by atoms with Crippen LogP contribution in [-0.2, 0) is 5.41 Å². The van der Waals surface area contributed by atoms with Crippen LogP contribution in [0.2, 0.25) is 0 Å². The number of nitrogen functional groups attached to an aromatic ring is 1. The van der Waals surface area contributed by atoms with Gasteiger partial charge in [-0.15, -0.1) is 5.10 Å². The van der Waals surface area contributed by atoms with Gasteiger partial charge in [0.05, 0.1) is 11.9 Å². The number of nitrogens with two attached hydrogens (primary N) is 1. The Morgan fingerprint density at radius 1 is 1.05 bits per heavy atom. The zero-order valence-electron chi connectivity index (χ0n) is 12.2. The second kappa shape index (κ2) is 4.61. The summed E-state index contributed by atoms with van der Waals surface area (Å²) in [5.74, 6) is 0.205. The van der Waals surface area contributed by atoms with Gasteiger partial charge in [0.25, 0.3) is 0 Å². The van der Waals surface area contributed by atoms with E-state index >= 15 is 0 Å². The fraction of sp³-hybridized carbons (Fsp3) is 0.400.